The number of carboxylic acids is 1. The van der Waals surface area contributed by atoms with Crippen LogP contribution >= 0.6 is 0 Å². The lowest BCUT2D eigenvalue weighted by molar-refractivity contribution is 0.0691. The van der Waals surface area contributed by atoms with E-state index in [4.69, 9.17) is 16.3 Å². The Kier molecular flexibility index (Phi) is 3.93. The highest BCUT2D eigenvalue weighted by Gasteiger charge is 2.35. The van der Waals surface area contributed by atoms with Gasteiger partial charge in [0.15, 0.2) is 17.2 Å². The topological polar surface area (TPSA) is 136 Å². The molecule has 6 N–H and O–H groups in total. The van der Waals surface area contributed by atoms with Crippen molar-refractivity contribution in [3.63, 3.8) is 0 Å². The summed E-state index contributed by atoms with van der Waals surface area (Å²) in [5.41, 5.74) is 5.12. The summed E-state index contributed by atoms with van der Waals surface area (Å²) in [5.74, 6) is 1.58. The number of carboxylic acid groups (broad SMARTS) is 1. The number of aromatic carboxylic acids is 1. The quantitative estimate of drug-likeness (QED) is 0.437. The summed E-state index contributed by atoms with van der Waals surface area (Å²) in [6.07, 6.45) is 0.557. The standard InChI is InChI=1S/C16H17F2N5O4/c17-9-11(21-20)7-12(10(18)13(9)22-2-1-6(19)5-22)23-3-4-27-15(23)8(14(7)24)16(25)26/h6,21H,1-5,19-20H2,(H,25,26). The van der Waals surface area contributed by atoms with E-state index < -0.39 is 39.7 Å². The Balaban J connectivity index is 2.16. The number of nitrogens with two attached hydrogens (primary N) is 2. The van der Waals surface area contributed by atoms with E-state index in [9.17, 15) is 14.7 Å². The molecule has 1 aromatic carbocycles. The number of halogens is 2. The lowest BCUT2D eigenvalue weighted by atomic mass is 10.1. The maximum absolute atomic E-state index is 15.4. The molecular formula is C16H17F2N5O4. The smallest absolute Gasteiger partial charge is 0.345 e. The van der Waals surface area contributed by atoms with Crippen LogP contribution in [0.25, 0.3) is 10.9 Å². The first-order chi connectivity index (χ1) is 12.9. The Bertz CT molecular complexity index is 1040. The summed E-state index contributed by atoms with van der Waals surface area (Å²) < 4.78 is 37.0. The summed E-state index contributed by atoms with van der Waals surface area (Å²) in [6.45, 7) is 0.748. The van der Waals surface area contributed by atoms with Gasteiger partial charge in [0, 0.05) is 19.1 Å². The van der Waals surface area contributed by atoms with E-state index in [0.29, 0.717) is 13.0 Å². The molecule has 1 atom stereocenters. The number of nitrogens with one attached hydrogen (secondary N) is 1. The molecule has 144 valence electrons. The van der Waals surface area contributed by atoms with Crippen molar-refractivity contribution in [1.82, 2.24) is 4.57 Å². The molecule has 0 spiro atoms. The van der Waals surface area contributed by atoms with E-state index in [1.54, 1.807) is 0 Å². The van der Waals surface area contributed by atoms with Crippen LogP contribution in [0, 0.1) is 11.6 Å². The van der Waals surface area contributed by atoms with Gasteiger partial charge in [-0.15, -0.1) is 0 Å². The molecule has 0 aliphatic carbocycles. The van der Waals surface area contributed by atoms with Crippen molar-refractivity contribution in [3.05, 3.63) is 27.4 Å². The monoisotopic (exact) mass is 381 g/mol. The van der Waals surface area contributed by atoms with Crippen LogP contribution < -0.4 is 32.1 Å². The van der Waals surface area contributed by atoms with Crippen molar-refractivity contribution in [2.24, 2.45) is 11.6 Å². The van der Waals surface area contributed by atoms with Gasteiger partial charge in [0.05, 0.1) is 17.4 Å². The second kappa shape index (κ2) is 6.06. The zero-order chi connectivity index (χ0) is 19.5. The van der Waals surface area contributed by atoms with Crippen molar-refractivity contribution in [1.29, 1.82) is 0 Å². The highest BCUT2D eigenvalue weighted by atomic mass is 19.1. The molecule has 2 aliphatic rings. The van der Waals surface area contributed by atoms with Crippen LogP contribution in [0.4, 0.5) is 20.2 Å². The third-order valence-electron chi connectivity index (χ3n) is 4.97. The van der Waals surface area contributed by atoms with Gasteiger partial charge in [0.25, 0.3) is 0 Å². The minimum absolute atomic E-state index is 0.0605. The molecule has 4 rings (SSSR count). The molecule has 27 heavy (non-hydrogen) atoms. The Morgan fingerprint density at radius 3 is 2.63 bits per heavy atom. The molecule has 9 nitrogen and oxygen atoms in total. The first kappa shape index (κ1) is 17.5. The fraction of sp³-hybridized carbons (Fsp3) is 0.375. The minimum Gasteiger partial charge on any atom is -0.477 e. The Labute approximate surface area is 151 Å². The summed E-state index contributed by atoms with van der Waals surface area (Å²) in [7, 11) is 0. The summed E-state index contributed by atoms with van der Waals surface area (Å²) in [6, 6.07) is -0.236. The van der Waals surface area contributed by atoms with Crippen molar-refractivity contribution in [2.45, 2.75) is 19.0 Å². The van der Waals surface area contributed by atoms with E-state index in [2.05, 4.69) is 5.43 Å². The molecule has 0 amide bonds. The molecular weight excluding hydrogens is 364 g/mol. The second-order valence-electron chi connectivity index (χ2n) is 6.53. The third-order valence-corrected chi connectivity index (χ3v) is 4.97. The molecule has 3 heterocycles. The lowest BCUT2D eigenvalue weighted by Gasteiger charge is -2.23. The number of pyridine rings is 1. The zero-order valence-corrected chi connectivity index (χ0v) is 14.1. The average molecular weight is 381 g/mol. The maximum Gasteiger partial charge on any atom is 0.345 e. The highest BCUT2D eigenvalue weighted by molar-refractivity contribution is 6.02. The normalized spacial score (nSPS) is 18.7. The summed E-state index contributed by atoms with van der Waals surface area (Å²) >= 11 is 0. The number of nitrogens with zero attached hydrogens (tertiary/aromatic N) is 2. The fourth-order valence-electron chi connectivity index (χ4n) is 3.79. The molecule has 2 aliphatic heterocycles. The van der Waals surface area contributed by atoms with E-state index in [1.165, 1.54) is 9.47 Å². The van der Waals surface area contributed by atoms with Crippen LogP contribution in [0.5, 0.6) is 5.88 Å². The van der Waals surface area contributed by atoms with Crippen LogP contribution in [-0.4, -0.2) is 41.4 Å². The van der Waals surface area contributed by atoms with Crippen LogP contribution in [-0.2, 0) is 6.54 Å². The van der Waals surface area contributed by atoms with Gasteiger partial charge in [-0.25, -0.2) is 13.6 Å². The van der Waals surface area contributed by atoms with Gasteiger partial charge in [-0.3, -0.25) is 10.6 Å². The SMILES string of the molecule is NNc1c(F)c(N2CCC(N)C2)c(F)c2c1c(=O)c(C(=O)O)c1n2CCO1. The number of ether oxygens (including phenoxy) is 1. The molecule has 1 saturated heterocycles. The van der Waals surface area contributed by atoms with Gasteiger partial charge < -0.3 is 30.5 Å². The molecule has 0 radical (unpaired) electrons. The third kappa shape index (κ3) is 2.35. The Hall–Kier alpha value is -2.92. The van der Waals surface area contributed by atoms with E-state index in [0.717, 1.165) is 0 Å². The predicted molar refractivity (Wildman–Crippen MR) is 93.2 cm³/mol. The zero-order valence-electron chi connectivity index (χ0n) is 14.1. The first-order valence-electron chi connectivity index (χ1n) is 8.31. The number of benzene rings is 1. The number of fused-ring (bicyclic) bond motifs is 3. The van der Waals surface area contributed by atoms with Crippen LogP contribution in [0.15, 0.2) is 4.79 Å². The number of hydrogen-bond acceptors (Lipinski definition) is 7. The van der Waals surface area contributed by atoms with Crippen LogP contribution in [0.3, 0.4) is 0 Å². The number of aromatic nitrogens is 1. The van der Waals surface area contributed by atoms with Gasteiger partial charge in [-0.1, -0.05) is 0 Å². The Morgan fingerprint density at radius 2 is 2.04 bits per heavy atom. The summed E-state index contributed by atoms with van der Waals surface area (Å²) in [4.78, 5) is 25.8. The maximum atomic E-state index is 15.4. The number of nitrogen functional groups attached to an aromatic ring is 1. The van der Waals surface area contributed by atoms with Crippen molar-refractivity contribution < 1.29 is 23.4 Å². The predicted octanol–water partition coefficient (Wildman–Crippen LogP) is 0.193. The Morgan fingerprint density at radius 1 is 1.30 bits per heavy atom. The van der Waals surface area contributed by atoms with Crippen LogP contribution in [0.2, 0.25) is 0 Å². The molecule has 2 aromatic rings. The number of anilines is 2. The number of hydrogen-bond donors (Lipinski definition) is 4. The van der Waals surface area contributed by atoms with Gasteiger partial charge in [-0.2, -0.15) is 0 Å². The number of rotatable bonds is 3. The van der Waals surface area contributed by atoms with E-state index in [-0.39, 0.29) is 42.8 Å². The van der Waals surface area contributed by atoms with E-state index in [1.807, 2.05) is 0 Å². The van der Waals surface area contributed by atoms with Crippen molar-refractivity contribution in [3.8, 4) is 5.88 Å². The van der Waals surface area contributed by atoms with Crippen LogP contribution in [0.1, 0.15) is 16.8 Å². The molecule has 1 unspecified atom stereocenters. The van der Waals surface area contributed by atoms with Crippen molar-refractivity contribution in [2.75, 3.05) is 30.0 Å². The largest absolute Gasteiger partial charge is 0.477 e. The summed E-state index contributed by atoms with van der Waals surface area (Å²) in [5, 5.41) is 8.93. The molecule has 0 saturated carbocycles. The highest BCUT2D eigenvalue weighted by Crippen LogP contribution is 2.40. The first-order valence-corrected chi connectivity index (χ1v) is 8.31. The van der Waals surface area contributed by atoms with Gasteiger partial charge in [0.2, 0.25) is 11.3 Å². The van der Waals surface area contributed by atoms with Gasteiger partial charge in [0.1, 0.15) is 18.0 Å². The second-order valence-corrected chi connectivity index (χ2v) is 6.53. The van der Waals surface area contributed by atoms with Gasteiger partial charge >= 0.3 is 5.97 Å². The molecule has 0 bridgehead atoms. The van der Waals surface area contributed by atoms with Gasteiger partial charge in [-0.05, 0) is 6.42 Å². The molecule has 11 heteroatoms. The lowest BCUT2D eigenvalue weighted by Crippen LogP contribution is -2.29. The number of hydrazine groups is 1. The number of carbonyl (C=O) groups is 1. The molecule has 1 fully saturated rings. The van der Waals surface area contributed by atoms with Crippen molar-refractivity contribution >= 4 is 28.2 Å². The minimum atomic E-state index is -1.55. The molecule has 1 aromatic heterocycles. The fourth-order valence-corrected chi connectivity index (χ4v) is 3.79. The average Bonchev–Trinajstić information content (AvgIpc) is 3.24. The van der Waals surface area contributed by atoms with E-state index >= 15 is 8.78 Å².